The molecule has 8 nitrogen and oxygen atoms in total. The van der Waals surface area contributed by atoms with Crippen LogP contribution >= 0.6 is 0 Å². The van der Waals surface area contributed by atoms with E-state index in [0.717, 1.165) is 55.6 Å². The van der Waals surface area contributed by atoms with Crippen molar-refractivity contribution in [2.75, 3.05) is 19.9 Å². The lowest BCUT2D eigenvalue weighted by atomic mass is 9.94. The SMILES string of the molecule is O=C([C@@H]1CCCN(C2=NS(=O)(=O)c3ccccc32)C1)N(Cc1ccc2c(c1)OCO2)C1CCCC1. The Morgan fingerprint density at radius 1 is 1.03 bits per heavy atom. The quantitative estimate of drug-likeness (QED) is 0.645. The number of nitrogens with zero attached hydrogens (tertiary/aromatic N) is 3. The van der Waals surface area contributed by atoms with Crippen LogP contribution in [0.2, 0.25) is 0 Å². The normalized spacial score (nSPS) is 22.7. The predicted octanol–water partition coefficient (Wildman–Crippen LogP) is 3.55. The van der Waals surface area contributed by atoms with Crippen LogP contribution in [0.3, 0.4) is 0 Å². The van der Waals surface area contributed by atoms with Crippen LogP contribution in [0.1, 0.15) is 49.7 Å². The molecule has 0 radical (unpaired) electrons. The number of piperidine rings is 1. The molecule has 6 rings (SSSR count). The van der Waals surface area contributed by atoms with Gasteiger partial charge in [0.1, 0.15) is 4.90 Å². The first-order chi connectivity index (χ1) is 17.0. The molecule has 1 saturated carbocycles. The van der Waals surface area contributed by atoms with E-state index in [2.05, 4.69) is 9.30 Å². The Kier molecular flexibility index (Phi) is 5.67. The fourth-order valence-corrected chi connectivity index (χ4v) is 6.99. The zero-order chi connectivity index (χ0) is 24.0. The van der Waals surface area contributed by atoms with E-state index in [0.29, 0.717) is 31.0 Å². The number of carbonyl (C=O) groups excluding carboxylic acids is 1. The molecule has 3 heterocycles. The average molecular weight is 496 g/mol. The Bertz CT molecular complexity index is 1290. The molecule has 4 aliphatic rings. The van der Waals surface area contributed by atoms with E-state index >= 15 is 0 Å². The van der Waals surface area contributed by atoms with Gasteiger partial charge in [0.25, 0.3) is 10.0 Å². The summed E-state index contributed by atoms with van der Waals surface area (Å²) in [4.78, 5) is 18.2. The van der Waals surface area contributed by atoms with Crippen LogP contribution in [0.5, 0.6) is 11.5 Å². The summed E-state index contributed by atoms with van der Waals surface area (Å²) in [5, 5.41) is 0. The standard InChI is InChI=1S/C26H29N3O5S/c30-26(29(20-7-1-2-8-20)15-18-11-12-22-23(14-18)34-17-33-22)19-6-5-13-28(16-19)25-21-9-3-4-10-24(21)35(31,32)27-25/h3-4,9-12,14,19-20H,1-2,5-8,13,15-17H2/t19-/m1/s1. The van der Waals surface area contributed by atoms with Crippen molar-refractivity contribution < 1.29 is 22.7 Å². The zero-order valence-corrected chi connectivity index (χ0v) is 20.4. The maximum atomic E-state index is 13.9. The Labute approximate surface area is 205 Å². The molecule has 0 unspecified atom stereocenters. The molecule has 2 fully saturated rings. The fraction of sp³-hybridized carbons (Fsp3) is 0.462. The van der Waals surface area contributed by atoms with Gasteiger partial charge in [-0.2, -0.15) is 8.42 Å². The summed E-state index contributed by atoms with van der Waals surface area (Å²) in [5.41, 5.74) is 1.66. The van der Waals surface area contributed by atoms with Crippen molar-refractivity contribution in [3.05, 3.63) is 53.6 Å². The minimum absolute atomic E-state index is 0.147. The van der Waals surface area contributed by atoms with Crippen LogP contribution in [-0.4, -0.2) is 55.9 Å². The Morgan fingerprint density at radius 3 is 2.69 bits per heavy atom. The number of ether oxygens (including phenoxy) is 2. The van der Waals surface area contributed by atoms with Crippen molar-refractivity contribution in [2.45, 2.75) is 56.0 Å². The van der Waals surface area contributed by atoms with Crippen LogP contribution < -0.4 is 9.47 Å². The molecular weight excluding hydrogens is 466 g/mol. The monoisotopic (exact) mass is 495 g/mol. The summed E-state index contributed by atoms with van der Waals surface area (Å²) in [6.45, 7) is 1.93. The molecule has 0 spiro atoms. The van der Waals surface area contributed by atoms with Gasteiger partial charge in [0.2, 0.25) is 12.7 Å². The van der Waals surface area contributed by atoms with Crippen LogP contribution in [0.25, 0.3) is 0 Å². The summed E-state index contributed by atoms with van der Waals surface area (Å²) in [6.07, 6.45) is 5.92. The molecule has 1 atom stereocenters. The first kappa shape index (κ1) is 22.4. The third-order valence-electron chi connectivity index (χ3n) is 7.52. The number of likely N-dealkylation sites (tertiary alicyclic amines) is 1. The average Bonchev–Trinajstić information content (AvgIpc) is 3.62. The molecule has 35 heavy (non-hydrogen) atoms. The molecule has 0 N–H and O–H groups in total. The highest BCUT2D eigenvalue weighted by Crippen LogP contribution is 2.35. The van der Waals surface area contributed by atoms with Gasteiger partial charge in [-0.15, -0.1) is 4.40 Å². The van der Waals surface area contributed by atoms with E-state index in [1.54, 1.807) is 18.2 Å². The van der Waals surface area contributed by atoms with E-state index < -0.39 is 10.0 Å². The van der Waals surface area contributed by atoms with Gasteiger partial charge in [-0.25, -0.2) is 0 Å². The van der Waals surface area contributed by atoms with E-state index in [4.69, 9.17) is 9.47 Å². The van der Waals surface area contributed by atoms with Gasteiger partial charge in [-0.1, -0.05) is 31.0 Å². The molecule has 1 saturated heterocycles. The smallest absolute Gasteiger partial charge is 0.285 e. The van der Waals surface area contributed by atoms with Crippen molar-refractivity contribution in [3.8, 4) is 11.5 Å². The van der Waals surface area contributed by atoms with Crippen molar-refractivity contribution in [1.29, 1.82) is 0 Å². The number of hydrogen-bond donors (Lipinski definition) is 0. The van der Waals surface area contributed by atoms with Gasteiger partial charge < -0.3 is 19.3 Å². The highest BCUT2D eigenvalue weighted by molar-refractivity contribution is 7.90. The second kappa shape index (κ2) is 8.86. The fourth-order valence-electron chi connectivity index (χ4n) is 5.76. The van der Waals surface area contributed by atoms with Gasteiger partial charge in [-0.05, 0) is 55.5 Å². The second-order valence-electron chi connectivity index (χ2n) is 9.76. The largest absolute Gasteiger partial charge is 0.454 e. The third-order valence-corrected chi connectivity index (χ3v) is 8.85. The first-order valence-electron chi connectivity index (χ1n) is 12.4. The zero-order valence-electron chi connectivity index (χ0n) is 19.6. The van der Waals surface area contributed by atoms with Crippen LogP contribution in [0, 0.1) is 5.92 Å². The van der Waals surface area contributed by atoms with Gasteiger partial charge in [-0.3, -0.25) is 4.79 Å². The van der Waals surface area contributed by atoms with Gasteiger partial charge in [0, 0.05) is 31.2 Å². The number of fused-ring (bicyclic) bond motifs is 2. The van der Waals surface area contributed by atoms with E-state index in [-0.39, 0.29) is 29.6 Å². The third kappa shape index (κ3) is 4.16. The Morgan fingerprint density at radius 2 is 1.83 bits per heavy atom. The van der Waals surface area contributed by atoms with Crippen LogP contribution in [-0.2, 0) is 21.4 Å². The number of amides is 1. The topological polar surface area (TPSA) is 88.5 Å². The lowest BCUT2D eigenvalue weighted by molar-refractivity contribution is -0.139. The summed E-state index contributed by atoms with van der Waals surface area (Å²) in [5.74, 6) is 1.89. The highest BCUT2D eigenvalue weighted by Gasteiger charge is 2.38. The van der Waals surface area contributed by atoms with Crippen molar-refractivity contribution >= 4 is 21.8 Å². The number of benzene rings is 2. The Balaban J connectivity index is 1.24. The maximum Gasteiger partial charge on any atom is 0.285 e. The molecule has 1 amide bonds. The van der Waals surface area contributed by atoms with E-state index in [1.165, 1.54) is 0 Å². The maximum absolute atomic E-state index is 13.9. The second-order valence-corrected chi connectivity index (χ2v) is 11.3. The summed E-state index contributed by atoms with van der Waals surface area (Å²) >= 11 is 0. The van der Waals surface area contributed by atoms with Gasteiger partial charge in [0.05, 0.1) is 5.92 Å². The van der Waals surface area contributed by atoms with Crippen molar-refractivity contribution in [3.63, 3.8) is 0 Å². The van der Waals surface area contributed by atoms with Crippen LogP contribution in [0.15, 0.2) is 51.8 Å². The van der Waals surface area contributed by atoms with Crippen molar-refractivity contribution in [2.24, 2.45) is 10.3 Å². The molecule has 0 aromatic heterocycles. The minimum Gasteiger partial charge on any atom is -0.454 e. The lowest BCUT2D eigenvalue weighted by Crippen LogP contribution is -2.48. The number of sulfonamides is 1. The number of rotatable bonds is 4. The molecule has 3 aliphatic heterocycles. The minimum atomic E-state index is -3.69. The molecule has 0 bridgehead atoms. The number of amidine groups is 1. The molecule has 9 heteroatoms. The van der Waals surface area contributed by atoms with E-state index in [9.17, 15) is 13.2 Å². The Hall–Kier alpha value is -3.07. The number of carbonyl (C=O) groups is 1. The summed E-state index contributed by atoms with van der Waals surface area (Å²) in [7, 11) is -3.69. The molecule has 1 aliphatic carbocycles. The van der Waals surface area contributed by atoms with Crippen molar-refractivity contribution in [1.82, 2.24) is 9.80 Å². The lowest BCUT2D eigenvalue weighted by Gasteiger charge is -2.38. The molecule has 2 aromatic carbocycles. The van der Waals surface area contributed by atoms with E-state index in [1.807, 2.05) is 29.2 Å². The summed E-state index contributed by atoms with van der Waals surface area (Å²) < 4.78 is 40.2. The summed E-state index contributed by atoms with van der Waals surface area (Å²) in [6, 6.07) is 13.1. The first-order valence-corrected chi connectivity index (χ1v) is 13.8. The predicted molar refractivity (Wildman–Crippen MR) is 130 cm³/mol. The molecule has 2 aromatic rings. The number of hydrogen-bond acceptors (Lipinski definition) is 6. The molecule has 184 valence electrons. The highest BCUT2D eigenvalue weighted by atomic mass is 32.2. The van der Waals surface area contributed by atoms with Gasteiger partial charge >= 0.3 is 0 Å². The molecular formula is C26H29N3O5S. The van der Waals surface area contributed by atoms with Crippen LogP contribution in [0.4, 0.5) is 0 Å². The van der Waals surface area contributed by atoms with Gasteiger partial charge in [0.15, 0.2) is 17.3 Å².